The predicted molar refractivity (Wildman–Crippen MR) is 52.4 cm³/mol. The maximum Gasteiger partial charge on any atom is 0.244 e. The van der Waals surface area contributed by atoms with Crippen LogP contribution in [0.1, 0.15) is 18.4 Å². The molecule has 0 fully saturated rings. The first-order valence-corrected chi connectivity index (χ1v) is 4.38. The Morgan fingerprint density at radius 3 is 3.13 bits per heavy atom. The summed E-state index contributed by atoms with van der Waals surface area (Å²) in [4.78, 5) is 4.08. The molecule has 2 rings (SSSR count). The van der Waals surface area contributed by atoms with Crippen molar-refractivity contribution in [2.24, 2.45) is 5.73 Å². The Hall–Kier alpha value is -2.06. The van der Waals surface area contributed by atoms with Crippen LogP contribution in [0, 0.1) is 12.3 Å². The highest BCUT2D eigenvalue weighted by molar-refractivity contribution is 5.44. The molecule has 0 radical (unpaired) electrons. The highest BCUT2D eigenvalue weighted by Gasteiger charge is 2.15. The van der Waals surface area contributed by atoms with Gasteiger partial charge in [0.1, 0.15) is 0 Å². The van der Waals surface area contributed by atoms with E-state index < -0.39 is 6.04 Å². The van der Waals surface area contributed by atoms with Crippen molar-refractivity contribution < 1.29 is 8.94 Å². The number of aromatic nitrogens is 2. The van der Waals surface area contributed by atoms with Crippen molar-refractivity contribution in [2.75, 3.05) is 0 Å². The quantitative estimate of drug-likeness (QED) is 0.762. The minimum absolute atomic E-state index is 0.319. The molecule has 5 heteroatoms. The average molecular weight is 203 g/mol. The lowest BCUT2D eigenvalue weighted by Crippen LogP contribution is -2.09. The summed E-state index contributed by atoms with van der Waals surface area (Å²) in [5.74, 6) is 3.67. The van der Waals surface area contributed by atoms with Crippen molar-refractivity contribution in [3.05, 3.63) is 24.3 Å². The van der Waals surface area contributed by atoms with Gasteiger partial charge in [-0.15, -0.1) is 12.3 Å². The van der Waals surface area contributed by atoms with Gasteiger partial charge >= 0.3 is 0 Å². The predicted octanol–water partition coefficient (Wildman–Crippen LogP) is 1.35. The molecular formula is C10H9N3O2. The Morgan fingerprint density at radius 1 is 1.60 bits per heavy atom. The summed E-state index contributed by atoms with van der Waals surface area (Å²) < 4.78 is 10.1. The first-order chi connectivity index (χ1) is 7.31. The fourth-order valence-electron chi connectivity index (χ4n) is 1.11. The van der Waals surface area contributed by atoms with E-state index in [4.69, 9.17) is 21.1 Å². The molecule has 1 unspecified atom stereocenters. The molecule has 2 N–H and O–H groups in total. The van der Waals surface area contributed by atoms with Gasteiger partial charge in [-0.2, -0.15) is 4.98 Å². The van der Waals surface area contributed by atoms with E-state index in [2.05, 4.69) is 16.1 Å². The van der Waals surface area contributed by atoms with E-state index in [9.17, 15) is 0 Å². The summed E-state index contributed by atoms with van der Waals surface area (Å²) in [6.07, 6.45) is 7.03. The maximum absolute atomic E-state index is 5.70. The highest BCUT2D eigenvalue weighted by atomic mass is 16.5. The first-order valence-electron chi connectivity index (χ1n) is 4.38. The fourth-order valence-corrected chi connectivity index (χ4v) is 1.11. The van der Waals surface area contributed by atoms with Gasteiger partial charge in [-0.3, -0.25) is 0 Å². The normalized spacial score (nSPS) is 12.3. The number of terminal acetylenes is 1. The molecule has 0 aliphatic rings. The molecule has 0 aromatic carbocycles. The van der Waals surface area contributed by atoms with Crippen molar-refractivity contribution >= 4 is 0 Å². The Balaban J connectivity index is 2.22. The zero-order chi connectivity index (χ0) is 10.7. The fraction of sp³-hybridized carbons (Fsp3) is 0.200. The van der Waals surface area contributed by atoms with Crippen LogP contribution >= 0.6 is 0 Å². The molecule has 2 heterocycles. The second kappa shape index (κ2) is 3.98. The van der Waals surface area contributed by atoms with Gasteiger partial charge in [0.2, 0.25) is 11.7 Å². The van der Waals surface area contributed by atoms with Crippen LogP contribution in [0.5, 0.6) is 0 Å². The maximum atomic E-state index is 5.70. The minimum Gasteiger partial charge on any atom is -0.461 e. The van der Waals surface area contributed by atoms with Gasteiger partial charge in [-0.25, -0.2) is 0 Å². The highest BCUT2D eigenvalue weighted by Crippen LogP contribution is 2.18. The van der Waals surface area contributed by atoms with E-state index >= 15 is 0 Å². The number of hydrogen-bond acceptors (Lipinski definition) is 5. The molecule has 2 aromatic heterocycles. The molecule has 0 spiro atoms. The molecule has 76 valence electrons. The third kappa shape index (κ3) is 1.90. The lowest BCUT2D eigenvalue weighted by molar-refractivity contribution is 0.356. The van der Waals surface area contributed by atoms with Crippen molar-refractivity contribution in [3.8, 4) is 23.9 Å². The summed E-state index contributed by atoms with van der Waals surface area (Å²) in [6.45, 7) is 0. The Morgan fingerprint density at radius 2 is 2.47 bits per heavy atom. The first kappa shape index (κ1) is 9.49. The van der Waals surface area contributed by atoms with E-state index in [-0.39, 0.29) is 0 Å². The van der Waals surface area contributed by atoms with Crippen LogP contribution < -0.4 is 5.73 Å². The molecule has 0 bridgehead atoms. The van der Waals surface area contributed by atoms with Gasteiger partial charge in [0.05, 0.1) is 12.3 Å². The van der Waals surface area contributed by atoms with Crippen LogP contribution in [0.3, 0.4) is 0 Å². The summed E-state index contributed by atoms with van der Waals surface area (Å²) >= 11 is 0. The van der Waals surface area contributed by atoms with Crippen LogP contribution in [-0.2, 0) is 0 Å². The average Bonchev–Trinajstić information content (AvgIpc) is 2.89. The van der Waals surface area contributed by atoms with Crippen LogP contribution in [-0.4, -0.2) is 10.1 Å². The monoisotopic (exact) mass is 203 g/mol. The van der Waals surface area contributed by atoms with Crippen LogP contribution in [0.4, 0.5) is 0 Å². The smallest absolute Gasteiger partial charge is 0.244 e. The van der Waals surface area contributed by atoms with E-state index in [0.29, 0.717) is 23.9 Å². The van der Waals surface area contributed by atoms with Gasteiger partial charge in [0, 0.05) is 6.42 Å². The van der Waals surface area contributed by atoms with E-state index in [1.165, 1.54) is 6.26 Å². The van der Waals surface area contributed by atoms with Crippen molar-refractivity contribution in [1.29, 1.82) is 0 Å². The summed E-state index contributed by atoms with van der Waals surface area (Å²) in [6, 6.07) is 3.06. The minimum atomic E-state index is -0.425. The van der Waals surface area contributed by atoms with Crippen LogP contribution in [0.2, 0.25) is 0 Å². The third-order valence-electron chi connectivity index (χ3n) is 1.84. The molecule has 0 saturated carbocycles. The van der Waals surface area contributed by atoms with Crippen molar-refractivity contribution in [1.82, 2.24) is 10.1 Å². The number of nitrogens with zero attached hydrogens (tertiary/aromatic N) is 2. The van der Waals surface area contributed by atoms with Crippen molar-refractivity contribution in [2.45, 2.75) is 12.5 Å². The number of hydrogen-bond donors (Lipinski definition) is 1. The number of nitrogens with two attached hydrogens (primary N) is 1. The van der Waals surface area contributed by atoms with E-state index in [1.54, 1.807) is 12.1 Å². The zero-order valence-electron chi connectivity index (χ0n) is 7.88. The molecular weight excluding hydrogens is 194 g/mol. The van der Waals surface area contributed by atoms with Crippen LogP contribution in [0.15, 0.2) is 27.3 Å². The summed E-state index contributed by atoms with van der Waals surface area (Å²) in [7, 11) is 0. The SMILES string of the molecule is C#CCC(N)c1nc(-c2ccco2)no1. The molecule has 0 aliphatic carbocycles. The lowest BCUT2D eigenvalue weighted by Gasteiger charge is -1.98. The van der Waals surface area contributed by atoms with Gasteiger partial charge in [0.15, 0.2) is 5.76 Å². The van der Waals surface area contributed by atoms with Gasteiger partial charge in [-0.05, 0) is 12.1 Å². The second-order valence-electron chi connectivity index (χ2n) is 2.95. The molecule has 1 atom stereocenters. The third-order valence-corrected chi connectivity index (χ3v) is 1.84. The Labute approximate surface area is 86.3 Å². The Bertz CT molecular complexity index is 467. The molecule has 0 amide bonds. The largest absolute Gasteiger partial charge is 0.461 e. The topological polar surface area (TPSA) is 78.1 Å². The second-order valence-corrected chi connectivity index (χ2v) is 2.95. The molecule has 2 aromatic rings. The van der Waals surface area contributed by atoms with Gasteiger partial charge in [-0.1, -0.05) is 5.16 Å². The zero-order valence-corrected chi connectivity index (χ0v) is 7.88. The van der Waals surface area contributed by atoms with Gasteiger partial charge in [0.25, 0.3) is 0 Å². The summed E-state index contributed by atoms with van der Waals surface area (Å²) in [5.41, 5.74) is 5.70. The number of rotatable bonds is 3. The molecule has 5 nitrogen and oxygen atoms in total. The van der Waals surface area contributed by atoms with Crippen molar-refractivity contribution in [3.63, 3.8) is 0 Å². The Kier molecular flexibility index (Phi) is 2.52. The molecule has 15 heavy (non-hydrogen) atoms. The van der Waals surface area contributed by atoms with E-state index in [1.807, 2.05) is 0 Å². The standard InChI is InChI=1S/C10H9N3O2/c1-2-4-7(11)10-12-9(13-15-10)8-5-3-6-14-8/h1,3,5-7H,4,11H2. The lowest BCUT2D eigenvalue weighted by atomic mass is 10.2. The number of furan rings is 1. The molecule has 0 saturated heterocycles. The van der Waals surface area contributed by atoms with Gasteiger partial charge < -0.3 is 14.7 Å². The molecule has 0 aliphatic heterocycles. The summed E-state index contributed by atoms with van der Waals surface area (Å²) in [5, 5.41) is 3.73. The van der Waals surface area contributed by atoms with Crippen LogP contribution in [0.25, 0.3) is 11.6 Å². The van der Waals surface area contributed by atoms with E-state index in [0.717, 1.165) is 0 Å².